The molecule has 1 atom stereocenters. The Morgan fingerprint density at radius 1 is 1.14 bits per heavy atom. The monoisotopic (exact) mass is 286 g/mol. The molecular formula is C17H22N2O2. The Bertz CT molecular complexity index is 599. The van der Waals surface area contributed by atoms with Crippen LogP contribution in [-0.2, 0) is 0 Å². The van der Waals surface area contributed by atoms with Gasteiger partial charge in [0.05, 0.1) is 20.3 Å². The molecule has 0 radical (unpaired) electrons. The molecule has 0 saturated heterocycles. The molecule has 1 aromatic heterocycles. The van der Waals surface area contributed by atoms with E-state index in [1.54, 1.807) is 20.4 Å². The van der Waals surface area contributed by atoms with Gasteiger partial charge in [-0.1, -0.05) is 19.1 Å². The van der Waals surface area contributed by atoms with Crippen molar-refractivity contribution in [2.45, 2.75) is 19.9 Å². The number of pyridine rings is 1. The first kappa shape index (κ1) is 15.3. The van der Waals surface area contributed by atoms with Crippen molar-refractivity contribution in [3.8, 4) is 11.5 Å². The number of ether oxygens (including phenoxy) is 2. The molecule has 0 bridgehead atoms. The summed E-state index contributed by atoms with van der Waals surface area (Å²) in [5.41, 5.74) is 3.11. The van der Waals surface area contributed by atoms with Gasteiger partial charge in [0.15, 0.2) is 0 Å². The third-order valence-electron chi connectivity index (χ3n) is 3.47. The van der Waals surface area contributed by atoms with Crippen molar-refractivity contribution in [2.75, 3.05) is 20.8 Å². The van der Waals surface area contributed by atoms with Gasteiger partial charge in [0, 0.05) is 6.20 Å². The summed E-state index contributed by atoms with van der Waals surface area (Å²) in [6.45, 7) is 4.95. The fourth-order valence-electron chi connectivity index (χ4n) is 2.38. The van der Waals surface area contributed by atoms with Crippen LogP contribution in [0.25, 0.3) is 0 Å². The second-order valence-corrected chi connectivity index (χ2v) is 4.81. The number of methoxy groups -OCH3 is 2. The molecule has 4 nitrogen and oxygen atoms in total. The second-order valence-electron chi connectivity index (χ2n) is 4.81. The van der Waals surface area contributed by atoms with Gasteiger partial charge in [0.2, 0.25) is 0 Å². The lowest BCUT2D eigenvalue weighted by molar-refractivity contribution is 0.399. The third kappa shape index (κ3) is 3.34. The molecule has 0 amide bonds. The Labute approximate surface area is 126 Å². The van der Waals surface area contributed by atoms with Crippen molar-refractivity contribution < 1.29 is 9.47 Å². The number of aryl methyl sites for hydroxylation is 1. The maximum atomic E-state index is 5.44. The smallest absolute Gasteiger partial charge is 0.142 e. The molecule has 1 aromatic carbocycles. The van der Waals surface area contributed by atoms with E-state index < -0.39 is 0 Å². The van der Waals surface area contributed by atoms with E-state index >= 15 is 0 Å². The zero-order valence-electron chi connectivity index (χ0n) is 13.0. The number of nitrogens with one attached hydrogen (secondary N) is 1. The Hall–Kier alpha value is -2.07. The lowest BCUT2D eigenvalue weighted by Gasteiger charge is -2.21. The topological polar surface area (TPSA) is 43.4 Å². The van der Waals surface area contributed by atoms with Gasteiger partial charge in [-0.2, -0.15) is 0 Å². The summed E-state index contributed by atoms with van der Waals surface area (Å²) in [6, 6.07) is 9.99. The molecule has 112 valence electrons. The number of hydrogen-bond donors (Lipinski definition) is 1. The van der Waals surface area contributed by atoms with Crippen molar-refractivity contribution in [3.63, 3.8) is 0 Å². The Balaban J connectivity index is 2.48. The van der Waals surface area contributed by atoms with Crippen LogP contribution in [0.3, 0.4) is 0 Å². The van der Waals surface area contributed by atoms with Gasteiger partial charge < -0.3 is 14.8 Å². The van der Waals surface area contributed by atoms with E-state index in [4.69, 9.17) is 9.47 Å². The molecule has 21 heavy (non-hydrogen) atoms. The minimum Gasteiger partial charge on any atom is -0.496 e. The van der Waals surface area contributed by atoms with Gasteiger partial charge in [0.25, 0.3) is 0 Å². The van der Waals surface area contributed by atoms with E-state index in [-0.39, 0.29) is 6.04 Å². The number of nitrogens with zero attached hydrogens (tertiary/aromatic N) is 1. The molecule has 2 rings (SSSR count). The van der Waals surface area contributed by atoms with Crippen LogP contribution in [0.5, 0.6) is 11.5 Å². The van der Waals surface area contributed by atoms with Crippen LogP contribution in [-0.4, -0.2) is 25.7 Å². The first-order valence-electron chi connectivity index (χ1n) is 7.08. The summed E-state index contributed by atoms with van der Waals surface area (Å²) < 4.78 is 10.9. The van der Waals surface area contributed by atoms with Crippen LogP contribution < -0.4 is 14.8 Å². The molecule has 1 N–H and O–H groups in total. The number of aromatic nitrogens is 1. The fourth-order valence-corrected chi connectivity index (χ4v) is 2.38. The van der Waals surface area contributed by atoms with E-state index in [0.29, 0.717) is 0 Å². The highest BCUT2D eigenvalue weighted by atomic mass is 16.5. The summed E-state index contributed by atoms with van der Waals surface area (Å²) in [6.07, 6.45) is 1.79. The molecule has 0 aliphatic carbocycles. The highest BCUT2D eigenvalue weighted by Gasteiger charge is 2.19. The first-order valence-corrected chi connectivity index (χ1v) is 7.08. The van der Waals surface area contributed by atoms with Crippen molar-refractivity contribution in [3.05, 3.63) is 53.3 Å². The van der Waals surface area contributed by atoms with Crippen LogP contribution in [0.4, 0.5) is 0 Å². The summed E-state index contributed by atoms with van der Waals surface area (Å²) in [5.74, 6) is 1.66. The van der Waals surface area contributed by atoms with E-state index in [1.165, 1.54) is 0 Å². The summed E-state index contributed by atoms with van der Waals surface area (Å²) in [7, 11) is 3.36. The molecule has 2 aromatic rings. The highest BCUT2D eigenvalue weighted by Crippen LogP contribution is 2.30. The van der Waals surface area contributed by atoms with Crippen molar-refractivity contribution >= 4 is 0 Å². The van der Waals surface area contributed by atoms with Crippen LogP contribution in [0.15, 0.2) is 36.5 Å². The summed E-state index contributed by atoms with van der Waals surface area (Å²) >= 11 is 0. The van der Waals surface area contributed by atoms with Crippen molar-refractivity contribution in [1.82, 2.24) is 10.3 Å². The lowest BCUT2D eigenvalue weighted by atomic mass is 10.0. The second kappa shape index (κ2) is 7.09. The van der Waals surface area contributed by atoms with Gasteiger partial charge in [-0.3, -0.25) is 4.98 Å². The largest absolute Gasteiger partial charge is 0.496 e. The Kier molecular flexibility index (Phi) is 5.17. The quantitative estimate of drug-likeness (QED) is 0.886. The third-order valence-corrected chi connectivity index (χ3v) is 3.47. The molecule has 1 heterocycles. The zero-order chi connectivity index (χ0) is 15.2. The number of hydrogen-bond acceptors (Lipinski definition) is 4. The summed E-state index contributed by atoms with van der Waals surface area (Å²) in [4.78, 5) is 4.49. The van der Waals surface area contributed by atoms with E-state index in [9.17, 15) is 0 Å². The number of benzene rings is 1. The van der Waals surface area contributed by atoms with Crippen LogP contribution in [0, 0.1) is 6.92 Å². The minimum atomic E-state index is -0.0272. The molecule has 0 fully saturated rings. The van der Waals surface area contributed by atoms with Gasteiger partial charge in [-0.25, -0.2) is 0 Å². The standard InChI is InChI=1S/C17H22N2O2/c1-5-18-16(17-14(20-3)7-6-10-19-17)13-9-8-12(2)15(11-13)21-4/h6-11,16,18H,5H2,1-4H3. The van der Waals surface area contributed by atoms with Gasteiger partial charge in [0.1, 0.15) is 17.2 Å². The van der Waals surface area contributed by atoms with Crippen LogP contribution in [0.2, 0.25) is 0 Å². The average Bonchev–Trinajstić information content (AvgIpc) is 2.53. The highest BCUT2D eigenvalue weighted by molar-refractivity contribution is 5.42. The summed E-state index contributed by atoms with van der Waals surface area (Å²) in [5, 5.41) is 3.46. The van der Waals surface area contributed by atoms with E-state index in [1.807, 2.05) is 19.1 Å². The molecule has 1 unspecified atom stereocenters. The predicted octanol–water partition coefficient (Wildman–Crippen LogP) is 3.11. The van der Waals surface area contributed by atoms with Crippen LogP contribution in [0.1, 0.15) is 29.8 Å². The van der Waals surface area contributed by atoms with Crippen molar-refractivity contribution in [2.24, 2.45) is 0 Å². The van der Waals surface area contributed by atoms with Gasteiger partial charge in [-0.15, -0.1) is 0 Å². The molecule has 0 aliphatic heterocycles. The maximum absolute atomic E-state index is 5.44. The molecule has 0 aliphatic rings. The normalized spacial score (nSPS) is 12.0. The molecule has 4 heteroatoms. The number of rotatable bonds is 6. The minimum absolute atomic E-state index is 0.0272. The first-order chi connectivity index (χ1) is 10.2. The molecular weight excluding hydrogens is 264 g/mol. The maximum Gasteiger partial charge on any atom is 0.142 e. The molecule has 0 saturated carbocycles. The molecule has 0 spiro atoms. The zero-order valence-corrected chi connectivity index (χ0v) is 13.0. The Morgan fingerprint density at radius 3 is 2.57 bits per heavy atom. The average molecular weight is 286 g/mol. The van der Waals surface area contributed by atoms with Gasteiger partial charge >= 0.3 is 0 Å². The van der Waals surface area contributed by atoms with Crippen LogP contribution >= 0.6 is 0 Å². The lowest BCUT2D eigenvalue weighted by Crippen LogP contribution is -2.23. The fraction of sp³-hybridized carbons (Fsp3) is 0.353. The van der Waals surface area contributed by atoms with E-state index in [2.05, 4.69) is 35.4 Å². The SMILES string of the molecule is CCNC(c1ccc(C)c(OC)c1)c1ncccc1OC. The van der Waals surface area contributed by atoms with Gasteiger partial charge in [-0.05, 0) is 42.8 Å². The van der Waals surface area contributed by atoms with Crippen molar-refractivity contribution in [1.29, 1.82) is 0 Å². The van der Waals surface area contributed by atoms with E-state index in [0.717, 1.165) is 34.9 Å². The predicted molar refractivity (Wildman–Crippen MR) is 84.0 cm³/mol. The Morgan fingerprint density at radius 2 is 1.90 bits per heavy atom.